The van der Waals surface area contributed by atoms with E-state index in [-0.39, 0.29) is 23.7 Å². The SMILES string of the molecule is Cc1ccc(CCCC(=O)NCC2(C)CCNCC2)s1.Cl. The van der Waals surface area contributed by atoms with Gasteiger partial charge in [0.15, 0.2) is 0 Å². The Kier molecular flexibility index (Phi) is 7.71. The molecule has 1 aromatic rings. The van der Waals surface area contributed by atoms with Gasteiger partial charge in [-0.2, -0.15) is 0 Å². The van der Waals surface area contributed by atoms with Gasteiger partial charge in [0.1, 0.15) is 0 Å². The van der Waals surface area contributed by atoms with E-state index in [0.29, 0.717) is 6.42 Å². The fraction of sp³-hybridized carbons (Fsp3) is 0.688. The van der Waals surface area contributed by atoms with Crippen LogP contribution in [0.3, 0.4) is 0 Å². The monoisotopic (exact) mass is 330 g/mol. The largest absolute Gasteiger partial charge is 0.356 e. The average Bonchev–Trinajstić information content (AvgIpc) is 2.83. The number of thiophene rings is 1. The molecule has 21 heavy (non-hydrogen) atoms. The van der Waals surface area contributed by atoms with Crippen LogP contribution >= 0.6 is 23.7 Å². The first-order chi connectivity index (χ1) is 9.57. The molecule has 5 heteroatoms. The number of halogens is 1. The van der Waals surface area contributed by atoms with Crippen molar-refractivity contribution in [3.63, 3.8) is 0 Å². The van der Waals surface area contributed by atoms with E-state index in [1.807, 2.05) is 11.3 Å². The van der Waals surface area contributed by atoms with Crippen molar-refractivity contribution in [1.82, 2.24) is 10.6 Å². The third-order valence-electron chi connectivity index (χ3n) is 4.15. The number of aryl methyl sites for hydroxylation is 2. The second-order valence-electron chi connectivity index (χ2n) is 6.20. The first-order valence-corrected chi connectivity index (χ1v) is 8.42. The van der Waals surface area contributed by atoms with Gasteiger partial charge >= 0.3 is 0 Å². The molecule has 1 aliphatic heterocycles. The summed E-state index contributed by atoms with van der Waals surface area (Å²) in [7, 11) is 0. The molecule has 1 fully saturated rings. The molecule has 0 saturated carbocycles. The van der Waals surface area contributed by atoms with E-state index in [4.69, 9.17) is 0 Å². The lowest BCUT2D eigenvalue weighted by molar-refractivity contribution is -0.121. The first-order valence-electron chi connectivity index (χ1n) is 7.60. The number of carbonyl (C=O) groups excluding carboxylic acids is 1. The predicted molar refractivity (Wildman–Crippen MR) is 92.5 cm³/mol. The second-order valence-corrected chi connectivity index (χ2v) is 7.58. The van der Waals surface area contributed by atoms with Gasteiger partial charge in [0.05, 0.1) is 0 Å². The maximum Gasteiger partial charge on any atom is 0.220 e. The Labute approximate surface area is 138 Å². The number of piperidine rings is 1. The van der Waals surface area contributed by atoms with E-state index >= 15 is 0 Å². The Morgan fingerprint density at radius 3 is 2.71 bits per heavy atom. The molecular weight excluding hydrogens is 304 g/mol. The van der Waals surface area contributed by atoms with E-state index in [0.717, 1.165) is 45.3 Å². The molecule has 0 spiro atoms. The van der Waals surface area contributed by atoms with Gasteiger partial charge in [-0.1, -0.05) is 6.92 Å². The quantitative estimate of drug-likeness (QED) is 0.840. The number of amides is 1. The summed E-state index contributed by atoms with van der Waals surface area (Å²) >= 11 is 1.84. The standard InChI is InChI=1S/C16H26N2OS.ClH/c1-13-6-7-14(20-13)4-3-5-15(19)18-12-16(2)8-10-17-11-9-16;/h6-7,17H,3-5,8-12H2,1-2H3,(H,18,19);1H. The molecule has 120 valence electrons. The highest BCUT2D eigenvalue weighted by Crippen LogP contribution is 2.26. The Balaban J connectivity index is 0.00000220. The van der Waals surface area contributed by atoms with Gasteiger partial charge in [0, 0.05) is 22.7 Å². The minimum atomic E-state index is 0. The molecule has 2 heterocycles. The smallest absolute Gasteiger partial charge is 0.220 e. The molecule has 0 atom stereocenters. The minimum Gasteiger partial charge on any atom is -0.356 e. The fourth-order valence-electron chi connectivity index (χ4n) is 2.65. The Bertz CT molecular complexity index is 441. The summed E-state index contributed by atoms with van der Waals surface area (Å²) in [5.41, 5.74) is 0.284. The average molecular weight is 331 g/mol. The molecule has 0 aliphatic carbocycles. The second kappa shape index (κ2) is 8.76. The molecule has 0 bridgehead atoms. The highest BCUT2D eigenvalue weighted by atomic mass is 35.5. The number of carbonyl (C=O) groups is 1. The van der Waals surface area contributed by atoms with Crippen LogP contribution in [0.4, 0.5) is 0 Å². The molecular formula is C16H27ClN2OS. The number of nitrogens with one attached hydrogen (secondary N) is 2. The van der Waals surface area contributed by atoms with E-state index < -0.39 is 0 Å². The van der Waals surface area contributed by atoms with Gasteiger partial charge in [0.25, 0.3) is 0 Å². The summed E-state index contributed by atoms with van der Waals surface area (Å²) in [6.07, 6.45) is 4.92. The Hall–Kier alpha value is -0.580. The van der Waals surface area contributed by atoms with Crippen LogP contribution in [-0.2, 0) is 11.2 Å². The van der Waals surface area contributed by atoms with Crippen molar-refractivity contribution in [3.05, 3.63) is 21.9 Å². The number of hydrogen-bond donors (Lipinski definition) is 2. The number of hydrogen-bond acceptors (Lipinski definition) is 3. The van der Waals surface area contributed by atoms with Crippen molar-refractivity contribution in [2.24, 2.45) is 5.41 Å². The summed E-state index contributed by atoms with van der Waals surface area (Å²) in [6.45, 7) is 7.38. The molecule has 1 aliphatic rings. The van der Waals surface area contributed by atoms with Crippen LogP contribution in [0, 0.1) is 12.3 Å². The summed E-state index contributed by atoms with van der Waals surface area (Å²) in [6, 6.07) is 4.33. The lowest BCUT2D eigenvalue weighted by Gasteiger charge is -2.34. The lowest BCUT2D eigenvalue weighted by Crippen LogP contribution is -2.42. The van der Waals surface area contributed by atoms with Crippen molar-refractivity contribution in [2.75, 3.05) is 19.6 Å². The van der Waals surface area contributed by atoms with E-state index in [2.05, 4.69) is 36.6 Å². The zero-order chi connectivity index (χ0) is 14.4. The van der Waals surface area contributed by atoms with Crippen LogP contribution in [0.15, 0.2) is 12.1 Å². The summed E-state index contributed by atoms with van der Waals surface area (Å²) < 4.78 is 0. The highest BCUT2D eigenvalue weighted by Gasteiger charge is 2.26. The topological polar surface area (TPSA) is 41.1 Å². The molecule has 0 unspecified atom stereocenters. The van der Waals surface area contributed by atoms with Gasteiger partial charge < -0.3 is 10.6 Å². The van der Waals surface area contributed by atoms with Gasteiger partial charge in [0.2, 0.25) is 5.91 Å². The van der Waals surface area contributed by atoms with Gasteiger partial charge in [-0.3, -0.25) is 4.79 Å². The van der Waals surface area contributed by atoms with Crippen molar-refractivity contribution in [3.8, 4) is 0 Å². The van der Waals surface area contributed by atoms with Gasteiger partial charge in [-0.15, -0.1) is 23.7 Å². The van der Waals surface area contributed by atoms with Gasteiger partial charge in [-0.25, -0.2) is 0 Å². The van der Waals surface area contributed by atoms with Crippen LogP contribution in [0.1, 0.15) is 42.4 Å². The Morgan fingerprint density at radius 2 is 2.10 bits per heavy atom. The maximum absolute atomic E-state index is 11.9. The zero-order valence-corrected chi connectivity index (χ0v) is 14.7. The molecule has 1 aromatic heterocycles. The number of rotatable bonds is 6. The summed E-state index contributed by atoms with van der Waals surface area (Å²) in [4.78, 5) is 14.6. The summed E-state index contributed by atoms with van der Waals surface area (Å²) in [5, 5.41) is 6.49. The van der Waals surface area contributed by atoms with Crippen LogP contribution in [-0.4, -0.2) is 25.5 Å². The highest BCUT2D eigenvalue weighted by molar-refractivity contribution is 7.11. The summed E-state index contributed by atoms with van der Waals surface area (Å²) in [5.74, 6) is 0.207. The fourth-order valence-corrected chi connectivity index (χ4v) is 3.58. The molecule has 1 amide bonds. The van der Waals surface area contributed by atoms with E-state index in [9.17, 15) is 4.79 Å². The van der Waals surface area contributed by atoms with Crippen molar-refractivity contribution >= 4 is 29.7 Å². The van der Waals surface area contributed by atoms with Crippen LogP contribution in [0.2, 0.25) is 0 Å². The Morgan fingerprint density at radius 1 is 1.38 bits per heavy atom. The van der Waals surface area contributed by atoms with E-state index in [1.54, 1.807) is 0 Å². The maximum atomic E-state index is 11.9. The van der Waals surface area contributed by atoms with Gasteiger partial charge in [-0.05, 0) is 63.2 Å². The molecule has 2 rings (SSSR count). The molecule has 0 radical (unpaired) electrons. The molecule has 2 N–H and O–H groups in total. The minimum absolute atomic E-state index is 0. The zero-order valence-electron chi connectivity index (χ0n) is 13.0. The van der Waals surface area contributed by atoms with Crippen LogP contribution in [0.25, 0.3) is 0 Å². The predicted octanol–water partition coefficient (Wildman–Crippen LogP) is 3.31. The van der Waals surface area contributed by atoms with Crippen molar-refractivity contribution < 1.29 is 4.79 Å². The third-order valence-corrected chi connectivity index (χ3v) is 5.21. The third kappa shape index (κ3) is 6.37. The molecule has 0 aromatic carbocycles. The van der Waals surface area contributed by atoms with Crippen LogP contribution < -0.4 is 10.6 Å². The van der Waals surface area contributed by atoms with Crippen molar-refractivity contribution in [1.29, 1.82) is 0 Å². The van der Waals surface area contributed by atoms with Crippen LogP contribution in [0.5, 0.6) is 0 Å². The lowest BCUT2D eigenvalue weighted by atomic mass is 9.81. The molecule has 3 nitrogen and oxygen atoms in total. The molecule has 1 saturated heterocycles. The normalized spacial score (nSPS) is 17.0. The van der Waals surface area contributed by atoms with E-state index in [1.165, 1.54) is 9.75 Å². The van der Waals surface area contributed by atoms with Crippen molar-refractivity contribution in [2.45, 2.75) is 46.0 Å². The first kappa shape index (κ1) is 18.5.